The van der Waals surface area contributed by atoms with Crippen LogP contribution in [0.25, 0.3) is 0 Å². The minimum Gasteiger partial charge on any atom is -0.385 e. The molecule has 0 aliphatic rings. The highest BCUT2D eigenvalue weighted by Crippen LogP contribution is 2.25. The van der Waals surface area contributed by atoms with Crippen LogP contribution in [0.2, 0.25) is 0 Å². The smallest absolute Gasteiger partial charge is 0.0923 e. The maximum atomic E-state index is 10.7. The number of nitrogens with zero attached hydrogens (tertiary/aromatic N) is 2. The summed E-state index contributed by atoms with van der Waals surface area (Å²) in [7, 11) is 1.92. The molecular weight excluding hydrogens is 236 g/mol. The van der Waals surface area contributed by atoms with Crippen molar-refractivity contribution in [3.8, 4) is 0 Å². The Morgan fingerprint density at radius 2 is 1.89 bits per heavy atom. The fourth-order valence-corrected chi connectivity index (χ4v) is 2.38. The Balaban J connectivity index is 2.23. The lowest BCUT2D eigenvalue weighted by atomic mass is 9.90. The first-order chi connectivity index (χ1) is 8.92. The van der Waals surface area contributed by atoms with E-state index in [4.69, 9.17) is 0 Å². The first kappa shape index (κ1) is 13.8. The Bertz CT molecular complexity index is 553. The molecule has 0 saturated carbocycles. The van der Waals surface area contributed by atoms with Gasteiger partial charge in [0.2, 0.25) is 0 Å². The van der Waals surface area contributed by atoms with Crippen LogP contribution in [-0.4, -0.2) is 14.9 Å². The normalized spacial score (nSPS) is 14.4. The van der Waals surface area contributed by atoms with E-state index >= 15 is 0 Å². The maximum absolute atomic E-state index is 10.7. The number of aliphatic hydroxyl groups is 1. The summed E-state index contributed by atoms with van der Waals surface area (Å²) in [6.45, 7) is 5.95. The Morgan fingerprint density at radius 1 is 1.26 bits per heavy atom. The fourth-order valence-electron chi connectivity index (χ4n) is 2.38. The third-order valence-electron chi connectivity index (χ3n) is 3.61. The van der Waals surface area contributed by atoms with E-state index in [1.807, 2.05) is 43.8 Å². The van der Waals surface area contributed by atoms with E-state index in [-0.39, 0.29) is 0 Å². The lowest BCUT2D eigenvalue weighted by Gasteiger charge is -2.24. The van der Waals surface area contributed by atoms with Crippen molar-refractivity contribution in [2.75, 3.05) is 0 Å². The van der Waals surface area contributed by atoms with Gasteiger partial charge in [-0.05, 0) is 37.5 Å². The lowest BCUT2D eigenvalue weighted by molar-refractivity contribution is 0.0556. The SMILES string of the molecule is CCc1ccc(C(C)(O)Cc2cc(C)nn2C)cc1. The third kappa shape index (κ3) is 3.04. The minimum atomic E-state index is -0.869. The van der Waals surface area contributed by atoms with E-state index in [2.05, 4.69) is 24.2 Å². The largest absolute Gasteiger partial charge is 0.385 e. The molecular formula is C16H22N2O. The van der Waals surface area contributed by atoms with Crippen LogP contribution in [0.4, 0.5) is 0 Å². The Labute approximate surface area is 114 Å². The standard InChI is InChI=1S/C16H22N2O/c1-5-13-6-8-14(9-7-13)16(3,19)11-15-10-12(2)17-18(15)4/h6-10,19H,5,11H2,1-4H3. The summed E-state index contributed by atoms with van der Waals surface area (Å²) in [5.41, 5.74) is 3.39. The predicted molar refractivity (Wildman–Crippen MR) is 77.0 cm³/mol. The summed E-state index contributed by atoms with van der Waals surface area (Å²) in [6.07, 6.45) is 1.58. The number of rotatable bonds is 4. The van der Waals surface area contributed by atoms with Crippen LogP contribution in [0.3, 0.4) is 0 Å². The minimum absolute atomic E-state index is 0.565. The average molecular weight is 258 g/mol. The Hall–Kier alpha value is -1.61. The molecule has 2 rings (SSSR count). The highest BCUT2D eigenvalue weighted by atomic mass is 16.3. The molecule has 0 radical (unpaired) electrons. The molecule has 3 heteroatoms. The van der Waals surface area contributed by atoms with Gasteiger partial charge in [0.15, 0.2) is 0 Å². The van der Waals surface area contributed by atoms with E-state index in [1.54, 1.807) is 0 Å². The van der Waals surface area contributed by atoms with Crippen molar-refractivity contribution in [2.45, 2.75) is 39.2 Å². The van der Waals surface area contributed by atoms with Gasteiger partial charge in [-0.2, -0.15) is 5.10 Å². The van der Waals surface area contributed by atoms with Crippen LogP contribution in [0.1, 0.15) is 36.4 Å². The molecule has 1 atom stereocenters. The van der Waals surface area contributed by atoms with Crippen molar-refractivity contribution in [1.29, 1.82) is 0 Å². The van der Waals surface area contributed by atoms with E-state index in [9.17, 15) is 5.11 Å². The van der Waals surface area contributed by atoms with Crippen molar-refractivity contribution >= 4 is 0 Å². The van der Waals surface area contributed by atoms with Gasteiger partial charge in [-0.25, -0.2) is 0 Å². The molecule has 0 saturated heterocycles. The summed E-state index contributed by atoms with van der Waals surface area (Å²) in [5, 5.41) is 15.0. The highest BCUT2D eigenvalue weighted by molar-refractivity contribution is 5.28. The van der Waals surface area contributed by atoms with Crippen molar-refractivity contribution < 1.29 is 5.11 Å². The predicted octanol–water partition coefficient (Wildman–Crippen LogP) is 2.74. The molecule has 1 N–H and O–H groups in total. The number of aryl methyl sites for hydroxylation is 3. The zero-order chi connectivity index (χ0) is 14.0. The van der Waals surface area contributed by atoms with E-state index in [0.29, 0.717) is 6.42 Å². The second kappa shape index (κ2) is 5.17. The molecule has 0 bridgehead atoms. The molecule has 0 fully saturated rings. The highest BCUT2D eigenvalue weighted by Gasteiger charge is 2.25. The quantitative estimate of drug-likeness (QED) is 0.915. The zero-order valence-corrected chi connectivity index (χ0v) is 12.1. The van der Waals surface area contributed by atoms with Crippen LogP contribution in [0.5, 0.6) is 0 Å². The summed E-state index contributed by atoms with van der Waals surface area (Å²) in [5.74, 6) is 0. The average Bonchev–Trinajstić information content (AvgIpc) is 2.67. The molecule has 1 heterocycles. The molecule has 0 aliphatic carbocycles. The Kier molecular flexibility index (Phi) is 3.76. The van der Waals surface area contributed by atoms with Gasteiger partial charge in [-0.3, -0.25) is 4.68 Å². The topological polar surface area (TPSA) is 38.1 Å². The molecule has 2 aromatic rings. The number of benzene rings is 1. The lowest BCUT2D eigenvalue weighted by Crippen LogP contribution is -2.25. The molecule has 1 aromatic heterocycles. The van der Waals surface area contributed by atoms with Crippen LogP contribution in [-0.2, 0) is 25.5 Å². The van der Waals surface area contributed by atoms with Gasteiger partial charge in [-0.1, -0.05) is 31.2 Å². The first-order valence-corrected chi connectivity index (χ1v) is 6.73. The zero-order valence-electron chi connectivity index (χ0n) is 12.1. The van der Waals surface area contributed by atoms with Crippen LogP contribution in [0, 0.1) is 6.92 Å². The molecule has 102 valence electrons. The number of aromatic nitrogens is 2. The summed E-state index contributed by atoms with van der Waals surface area (Å²) in [4.78, 5) is 0. The van der Waals surface area contributed by atoms with Crippen LogP contribution in [0.15, 0.2) is 30.3 Å². The summed E-state index contributed by atoms with van der Waals surface area (Å²) in [6, 6.07) is 10.2. The molecule has 1 aromatic carbocycles. The monoisotopic (exact) mass is 258 g/mol. The van der Waals surface area contributed by atoms with E-state index in [0.717, 1.165) is 23.4 Å². The second-order valence-corrected chi connectivity index (χ2v) is 5.40. The molecule has 3 nitrogen and oxygen atoms in total. The van der Waals surface area contributed by atoms with Gasteiger partial charge in [0.25, 0.3) is 0 Å². The van der Waals surface area contributed by atoms with Gasteiger partial charge >= 0.3 is 0 Å². The van der Waals surface area contributed by atoms with Crippen molar-refractivity contribution in [1.82, 2.24) is 9.78 Å². The van der Waals surface area contributed by atoms with Gasteiger partial charge in [0, 0.05) is 19.2 Å². The fraction of sp³-hybridized carbons (Fsp3) is 0.438. The van der Waals surface area contributed by atoms with Gasteiger partial charge < -0.3 is 5.11 Å². The molecule has 1 unspecified atom stereocenters. The summed E-state index contributed by atoms with van der Waals surface area (Å²) >= 11 is 0. The molecule has 0 aliphatic heterocycles. The van der Waals surface area contributed by atoms with E-state index < -0.39 is 5.60 Å². The Morgan fingerprint density at radius 3 is 2.37 bits per heavy atom. The maximum Gasteiger partial charge on any atom is 0.0923 e. The third-order valence-corrected chi connectivity index (χ3v) is 3.61. The molecule has 0 amide bonds. The second-order valence-electron chi connectivity index (χ2n) is 5.40. The van der Waals surface area contributed by atoms with E-state index in [1.165, 1.54) is 5.56 Å². The first-order valence-electron chi connectivity index (χ1n) is 6.73. The molecule has 0 spiro atoms. The number of hydrogen-bond donors (Lipinski definition) is 1. The van der Waals surface area contributed by atoms with Crippen LogP contribution < -0.4 is 0 Å². The number of hydrogen-bond acceptors (Lipinski definition) is 2. The molecule has 19 heavy (non-hydrogen) atoms. The van der Waals surface area contributed by atoms with Crippen molar-refractivity contribution in [3.63, 3.8) is 0 Å². The summed E-state index contributed by atoms with van der Waals surface area (Å²) < 4.78 is 1.84. The van der Waals surface area contributed by atoms with Crippen molar-refractivity contribution in [2.24, 2.45) is 7.05 Å². The van der Waals surface area contributed by atoms with Gasteiger partial charge in [0.05, 0.1) is 11.3 Å². The van der Waals surface area contributed by atoms with Crippen molar-refractivity contribution in [3.05, 3.63) is 52.8 Å². The van der Waals surface area contributed by atoms with Crippen LogP contribution >= 0.6 is 0 Å². The van der Waals surface area contributed by atoms with Gasteiger partial charge in [-0.15, -0.1) is 0 Å². The van der Waals surface area contributed by atoms with Gasteiger partial charge in [0.1, 0.15) is 0 Å².